The molecule has 0 aliphatic carbocycles. The van der Waals surface area contributed by atoms with Gasteiger partial charge < -0.3 is 5.32 Å². The van der Waals surface area contributed by atoms with Crippen LogP contribution in [-0.4, -0.2) is 28.3 Å². The molecule has 1 N–H and O–H groups in total. The van der Waals surface area contributed by atoms with E-state index < -0.39 is 0 Å². The van der Waals surface area contributed by atoms with E-state index in [-0.39, 0.29) is 0 Å². The lowest BCUT2D eigenvalue weighted by Crippen LogP contribution is -2.04. The van der Waals surface area contributed by atoms with E-state index in [1.165, 1.54) is 0 Å². The van der Waals surface area contributed by atoms with Crippen LogP contribution in [0, 0.1) is 0 Å². The van der Waals surface area contributed by atoms with Crippen molar-refractivity contribution in [3.63, 3.8) is 0 Å². The van der Waals surface area contributed by atoms with Crippen LogP contribution in [-0.2, 0) is 7.05 Å². The van der Waals surface area contributed by atoms with Crippen LogP contribution in [0.4, 0.5) is 5.82 Å². The lowest BCUT2D eigenvalue weighted by molar-refractivity contribution is 0.769. The van der Waals surface area contributed by atoms with Gasteiger partial charge in [-0.05, 0) is 6.26 Å². The van der Waals surface area contributed by atoms with Gasteiger partial charge in [-0.3, -0.25) is 4.68 Å². The highest BCUT2D eigenvalue weighted by Crippen LogP contribution is 2.00. The Morgan fingerprint density at radius 1 is 1.73 bits per heavy atom. The molecule has 0 aromatic carbocycles. The number of aryl methyl sites for hydroxylation is 1. The summed E-state index contributed by atoms with van der Waals surface area (Å²) >= 11 is 1.83. The summed E-state index contributed by atoms with van der Waals surface area (Å²) in [6, 6.07) is 1.97. The number of nitrogens with one attached hydrogen (secondary N) is 1. The maximum atomic E-state index is 4.18. The molecule has 0 atom stereocenters. The van der Waals surface area contributed by atoms with Crippen LogP contribution >= 0.6 is 11.8 Å². The normalized spacial score (nSPS) is 10.0. The zero-order valence-electron chi connectivity index (χ0n) is 6.87. The Bertz CT molecular complexity index is 209. The second-order valence-electron chi connectivity index (χ2n) is 2.29. The van der Waals surface area contributed by atoms with E-state index in [4.69, 9.17) is 0 Å². The summed E-state index contributed by atoms with van der Waals surface area (Å²) in [5.74, 6) is 2.08. The van der Waals surface area contributed by atoms with Gasteiger partial charge in [-0.15, -0.1) is 0 Å². The fourth-order valence-corrected chi connectivity index (χ4v) is 1.10. The predicted octanol–water partition coefficient (Wildman–Crippen LogP) is 1.19. The summed E-state index contributed by atoms with van der Waals surface area (Å²) in [4.78, 5) is 0. The number of aromatic nitrogens is 2. The van der Waals surface area contributed by atoms with Crippen LogP contribution in [0.1, 0.15) is 0 Å². The molecule has 4 heteroatoms. The van der Waals surface area contributed by atoms with Crippen molar-refractivity contribution in [2.45, 2.75) is 0 Å². The largest absolute Gasteiger partial charge is 0.368 e. The average Bonchev–Trinajstić information content (AvgIpc) is 2.37. The quantitative estimate of drug-likeness (QED) is 0.690. The van der Waals surface area contributed by atoms with Crippen molar-refractivity contribution in [2.24, 2.45) is 7.05 Å². The third-order valence-corrected chi connectivity index (χ3v) is 1.94. The number of hydrogen-bond acceptors (Lipinski definition) is 3. The van der Waals surface area contributed by atoms with Gasteiger partial charge in [-0.2, -0.15) is 16.9 Å². The van der Waals surface area contributed by atoms with E-state index in [0.29, 0.717) is 0 Å². The number of thioether (sulfide) groups is 1. The second kappa shape index (κ2) is 4.28. The molecule has 0 aliphatic heterocycles. The highest BCUT2D eigenvalue weighted by molar-refractivity contribution is 7.98. The molecule has 0 saturated heterocycles. The van der Waals surface area contributed by atoms with Crippen LogP contribution in [0.15, 0.2) is 12.3 Å². The first-order valence-corrected chi connectivity index (χ1v) is 4.95. The Balaban J connectivity index is 2.27. The molecule has 0 amide bonds. The average molecular weight is 171 g/mol. The fourth-order valence-electron chi connectivity index (χ4n) is 0.791. The Morgan fingerprint density at radius 3 is 3.09 bits per heavy atom. The van der Waals surface area contributed by atoms with Gasteiger partial charge in [-0.25, -0.2) is 0 Å². The summed E-state index contributed by atoms with van der Waals surface area (Å²) in [6.07, 6.45) is 4.03. The van der Waals surface area contributed by atoms with E-state index in [0.717, 1.165) is 18.1 Å². The maximum Gasteiger partial charge on any atom is 0.147 e. The molecular weight excluding hydrogens is 158 g/mol. The molecule has 11 heavy (non-hydrogen) atoms. The maximum absolute atomic E-state index is 4.18. The molecule has 0 fully saturated rings. The molecule has 1 aromatic rings. The van der Waals surface area contributed by atoms with E-state index in [2.05, 4.69) is 16.7 Å². The number of anilines is 1. The van der Waals surface area contributed by atoms with Crippen LogP contribution in [0.5, 0.6) is 0 Å². The molecule has 1 aromatic heterocycles. The summed E-state index contributed by atoms with van der Waals surface area (Å²) in [5.41, 5.74) is 0. The van der Waals surface area contributed by atoms with Gasteiger partial charge in [0.05, 0.1) is 0 Å². The molecule has 0 saturated carbocycles. The number of nitrogens with zero attached hydrogens (tertiary/aromatic N) is 2. The van der Waals surface area contributed by atoms with Crippen molar-refractivity contribution in [3.8, 4) is 0 Å². The minimum atomic E-state index is 0.960. The first kappa shape index (κ1) is 8.46. The first-order chi connectivity index (χ1) is 5.33. The van der Waals surface area contributed by atoms with E-state index in [1.807, 2.05) is 31.1 Å². The number of rotatable bonds is 4. The zero-order valence-corrected chi connectivity index (χ0v) is 7.69. The molecule has 0 radical (unpaired) electrons. The Labute approximate surface area is 71.2 Å². The topological polar surface area (TPSA) is 29.9 Å². The molecule has 0 unspecified atom stereocenters. The third-order valence-electron chi connectivity index (χ3n) is 1.33. The molecule has 0 spiro atoms. The molecule has 0 aliphatic rings. The SMILES string of the molecule is CSCCNc1ccn(C)n1. The van der Waals surface area contributed by atoms with Gasteiger partial charge in [-0.1, -0.05) is 0 Å². The van der Waals surface area contributed by atoms with Gasteiger partial charge in [0, 0.05) is 31.6 Å². The molecule has 1 rings (SSSR count). The van der Waals surface area contributed by atoms with Gasteiger partial charge in [0.25, 0.3) is 0 Å². The van der Waals surface area contributed by atoms with Crippen molar-refractivity contribution in [2.75, 3.05) is 23.9 Å². The molecule has 3 nitrogen and oxygen atoms in total. The Morgan fingerprint density at radius 2 is 2.55 bits per heavy atom. The predicted molar refractivity (Wildman–Crippen MR) is 50.1 cm³/mol. The fraction of sp³-hybridized carbons (Fsp3) is 0.571. The van der Waals surface area contributed by atoms with Crippen molar-refractivity contribution >= 4 is 17.6 Å². The van der Waals surface area contributed by atoms with Crippen molar-refractivity contribution in [1.82, 2.24) is 9.78 Å². The summed E-state index contributed by atoms with van der Waals surface area (Å²) in [7, 11) is 1.92. The zero-order chi connectivity index (χ0) is 8.10. The molecule has 0 bridgehead atoms. The summed E-state index contributed by atoms with van der Waals surface area (Å²) < 4.78 is 1.79. The van der Waals surface area contributed by atoms with Crippen molar-refractivity contribution in [1.29, 1.82) is 0 Å². The monoisotopic (exact) mass is 171 g/mol. The number of hydrogen-bond donors (Lipinski definition) is 1. The Hall–Kier alpha value is -0.640. The van der Waals surface area contributed by atoms with E-state index >= 15 is 0 Å². The van der Waals surface area contributed by atoms with Gasteiger partial charge in [0.2, 0.25) is 0 Å². The van der Waals surface area contributed by atoms with Crippen molar-refractivity contribution in [3.05, 3.63) is 12.3 Å². The third kappa shape index (κ3) is 2.84. The van der Waals surface area contributed by atoms with E-state index in [9.17, 15) is 0 Å². The van der Waals surface area contributed by atoms with Crippen molar-refractivity contribution < 1.29 is 0 Å². The van der Waals surface area contributed by atoms with E-state index in [1.54, 1.807) is 4.68 Å². The highest BCUT2D eigenvalue weighted by Gasteiger charge is 1.92. The van der Waals surface area contributed by atoms with Crippen LogP contribution in [0.2, 0.25) is 0 Å². The van der Waals surface area contributed by atoms with Crippen LogP contribution in [0.3, 0.4) is 0 Å². The van der Waals surface area contributed by atoms with Gasteiger partial charge in [0.15, 0.2) is 0 Å². The smallest absolute Gasteiger partial charge is 0.147 e. The lowest BCUT2D eigenvalue weighted by atomic mass is 10.6. The Kier molecular flexibility index (Phi) is 3.29. The molecule has 1 heterocycles. The highest BCUT2D eigenvalue weighted by atomic mass is 32.2. The summed E-state index contributed by atoms with van der Waals surface area (Å²) in [6.45, 7) is 0.984. The van der Waals surface area contributed by atoms with Gasteiger partial charge in [0.1, 0.15) is 5.82 Å². The minimum Gasteiger partial charge on any atom is -0.368 e. The molecular formula is C7H13N3S. The summed E-state index contributed by atoms with van der Waals surface area (Å²) in [5, 5.41) is 7.39. The lowest BCUT2D eigenvalue weighted by Gasteiger charge is -1.98. The van der Waals surface area contributed by atoms with Gasteiger partial charge >= 0.3 is 0 Å². The molecule has 62 valence electrons. The standard InChI is InChI=1S/C7H13N3S/c1-10-5-3-7(9-10)8-4-6-11-2/h3,5H,4,6H2,1-2H3,(H,8,9). The van der Waals surface area contributed by atoms with Crippen LogP contribution < -0.4 is 5.32 Å². The minimum absolute atomic E-state index is 0.960. The van der Waals surface area contributed by atoms with Crippen LogP contribution in [0.25, 0.3) is 0 Å². The second-order valence-corrected chi connectivity index (χ2v) is 3.28. The first-order valence-electron chi connectivity index (χ1n) is 3.55.